The molecule has 0 bridgehead atoms. The lowest BCUT2D eigenvalue weighted by Gasteiger charge is -2.15. The van der Waals surface area contributed by atoms with E-state index < -0.39 is 0 Å². The number of aromatic nitrogens is 1. The van der Waals surface area contributed by atoms with Gasteiger partial charge in [0, 0.05) is 26.1 Å². The molecule has 96 valence electrons. The molecule has 0 aromatic carbocycles. The van der Waals surface area contributed by atoms with E-state index in [9.17, 15) is 4.79 Å². The molecule has 0 atom stereocenters. The van der Waals surface area contributed by atoms with Gasteiger partial charge in [0.25, 0.3) is 0 Å². The number of hydrogen-bond donors (Lipinski definition) is 0. The predicted molar refractivity (Wildman–Crippen MR) is 69.1 cm³/mol. The number of nitrogens with zero attached hydrogens (tertiary/aromatic N) is 2. The number of thiazole rings is 1. The van der Waals surface area contributed by atoms with Crippen molar-refractivity contribution >= 4 is 17.2 Å². The van der Waals surface area contributed by atoms with Crippen LogP contribution in [0.3, 0.4) is 0 Å². The van der Waals surface area contributed by atoms with E-state index in [1.807, 2.05) is 12.4 Å². The molecule has 1 rings (SSSR count). The monoisotopic (exact) mass is 256 g/mol. The van der Waals surface area contributed by atoms with E-state index in [-0.39, 0.29) is 5.91 Å². The van der Waals surface area contributed by atoms with Crippen LogP contribution in [0, 0.1) is 0 Å². The van der Waals surface area contributed by atoms with E-state index in [0.29, 0.717) is 13.0 Å². The fourth-order valence-corrected chi connectivity index (χ4v) is 2.19. The quantitative estimate of drug-likeness (QED) is 0.750. The largest absolute Gasteiger partial charge is 0.378 e. The lowest BCUT2D eigenvalue weighted by Crippen LogP contribution is -2.29. The summed E-state index contributed by atoms with van der Waals surface area (Å²) in [6.45, 7) is 3.46. The van der Waals surface area contributed by atoms with Gasteiger partial charge < -0.3 is 9.64 Å². The maximum atomic E-state index is 11.8. The zero-order valence-corrected chi connectivity index (χ0v) is 11.5. The average molecular weight is 256 g/mol. The van der Waals surface area contributed by atoms with E-state index in [4.69, 9.17) is 4.74 Å². The Labute approximate surface area is 107 Å². The van der Waals surface area contributed by atoms with Crippen LogP contribution in [0.5, 0.6) is 0 Å². The average Bonchev–Trinajstić information content (AvgIpc) is 2.74. The van der Waals surface area contributed by atoms with Crippen LogP contribution in [-0.4, -0.2) is 36.5 Å². The summed E-state index contributed by atoms with van der Waals surface area (Å²) in [5.41, 5.74) is 0.843. The van der Waals surface area contributed by atoms with Crippen LogP contribution in [0.2, 0.25) is 0 Å². The third-order valence-corrected chi connectivity index (χ3v) is 3.34. The number of methoxy groups -OCH3 is 1. The van der Waals surface area contributed by atoms with Crippen LogP contribution < -0.4 is 0 Å². The van der Waals surface area contributed by atoms with Gasteiger partial charge in [-0.05, 0) is 6.42 Å². The third kappa shape index (κ3) is 4.83. The molecular formula is C12H20N2O2S. The highest BCUT2D eigenvalue weighted by molar-refractivity contribution is 7.09. The molecule has 0 N–H and O–H groups in total. The summed E-state index contributed by atoms with van der Waals surface area (Å²) in [4.78, 5) is 18.0. The van der Waals surface area contributed by atoms with Gasteiger partial charge in [-0.1, -0.05) is 13.3 Å². The summed E-state index contributed by atoms with van der Waals surface area (Å²) in [5, 5.41) is 2.85. The van der Waals surface area contributed by atoms with E-state index >= 15 is 0 Å². The highest BCUT2D eigenvalue weighted by Crippen LogP contribution is 2.11. The Morgan fingerprint density at radius 3 is 3.00 bits per heavy atom. The van der Waals surface area contributed by atoms with Gasteiger partial charge in [0.2, 0.25) is 5.91 Å². The van der Waals surface area contributed by atoms with E-state index in [1.54, 1.807) is 12.0 Å². The van der Waals surface area contributed by atoms with Crippen molar-refractivity contribution in [3.63, 3.8) is 0 Å². The van der Waals surface area contributed by atoms with Crippen LogP contribution in [0.25, 0.3) is 0 Å². The van der Waals surface area contributed by atoms with Crippen molar-refractivity contribution in [2.45, 2.75) is 32.8 Å². The molecule has 0 aliphatic rings. The minimum Gasteiger partial charge on any atom is -0.378 e. The molecule has 0 saturated carbocycles. The van der Waals surface area contributed by atoms with Gasteiger partial charge >= 0.3 is 0 Å². The number of carbonyl (C=O) groups is 1. The lowest BCUT2D eigenvalue weighted by atomic mass is 10.2. The number of unbranched alkanes of at least 4 members (excludes halogenated alkanes) is 1. The van der Waals surface area contributed by atoms with Crippen molar-refractivity contribution < 1.29 is 9.53 Å². The molecule has 0 radical (unpaired) electrons. The zero-order chi connectivity index (χ0) is 12.7. The first-order valence-corrected chi connectivity index (χ1v) is 6.71. The normalized spacial score (nSPS) is 10.5. The minimum atomic E-state index is 0.132. The fraction of sp³-hybridized carbons (Fsp3) is 0.667. The Morgan fingerprint density at radius 1 is 1.59 bits per heavy atom. The Morgan fingerprint density at radius 2 is 2.35 bits per heavy atom. The van der Waals surface area contributed by atoms with Gasteiger partial charge in [-0.15, -0.1) is 11.3 Å². The number of amides is 1. The second-order valence-electron chi connectivity index (χ2n) is 4.01. The first-order chi connectivity index (χ1) is 8.17. The van der Waals surface area contributed by atoms with Crippen LogP contribution in [0.4, 0.5) is 0 Å². The van der Waals surface area contributed by atoms with Crippen LogP contribution in [0.15, 0.2) is 5.38 Å². The molecule has 1 amide bonds. The SMILES string of the molecule is CCCCN(C)C(=O)Cc1csc(COC)n1. The Balaban J connectivity index is 2.43. The summed E-state index contributed by atoms with van der Waals surface area (Å²) in [6, 6.07) is 0. The van der Waals surface area contributed by atoms with E-state index in [2.05, 4.69) is 11.9 Å². The van der Waals surface area contributed by atoms with Crippen molar-refractivity contribution in [1.82, 2.24) is 9.88 Å². The Hall–Kier alpha value is -0.940. The Bertz CT molecular complexity index is 352. The summed E-state index contributed by atoms with van der Waals surface area (Å²) in [5.74, 6) is 0.132. The van der Waals surface area contributed by atoms with Crippen LogP contribution in [0.1, 0.15) is 30.5 Å². The summed E-state index contributed by atoms with van der Waals surface area (Å²) < 4.78 is 5.00. The molecule has 1 aromatic rings. The molecule has 5 heteroatoms. The van der Waals surface area contributed by atoms with Gasteiger partial charge in [-0.2, -0.15) is 0 Å². The molecule has 0 fully saturated rings. The molecule has 0 saturated heterocycles. The van der Waals surface area contributed by atoms with Crippen LogP contribution in [-0.2, 0) is 22.6 Å². The lowest BCUT2D eigenvalue weighted by molar-refractivity contribution is -0.129. The molecule has 1 aromatic heterocycles. The van der Waals surface area contributed by atoms with Crippen LogP contribution >= 0.6 is 11.3 Å². The molecule has 1 heterocycles. The van der Waals surface area contributed by atoms with Crippen molar-refractivity contribution in [2.24, 2.45) is 0 Å². The summed E-state index contributed by atoms with van der Waals surface area (Å²) in [6.07, 6.45) is 2.54. The molecule has 0 spiro atoms. The molecule has 4 nitrogen and oxygen atoms in total. The number of ether oxygens (including phenoxy) is 1. The highest BCUT2D eigenvalue weighted by Gasteiger charge is 2.11. The number of rotatable bonds is 7. The van der Waals surface area contributed by atoms with Gasteiger partial charge in [-0.25, -0.2) is 4.98 Å². The smallest absolute Gasteiger partial charge is 0.228 e. The number of likely N-dealkylation sites (N-methyl/N-ethyl adjacent to an activating group) is 1. The number of carbonyl (C=O) groups excluding carboxylic acids is 1. The van der Waals surface area contributed by atoms with Gasteiger partial charge in [0.15, 0.2) is 0 Å². The standard InChI is InChI=1S/C12H20N2O2S/c1-4-5-6-14(2)12(15)7-10-9-17-11(13-10)8-16-3/h9H,4-8H2,1-3H3. The van der Waals surface area contributed by atoms with Crippen molar-refractivity contribution in [1.29, 1.82) is 0 Å². The molecular weight excluding hydrogens is 236 g/mol. The molecule has 17 heavy (non-hydrogen) atoms. The molecule has 0 aliphatic heterocycles. The maximum Gasteiger partial charge on any atom is 0.228 e. The fourth-order valence-electron chi connectivity index (χ4n) is 1.43. The van der Waals surface area contributed by atoms with E-state index in [1.165, 1.54) is 11.3 Å². The zero-order valence-electron chi connectivity index (χ0n) is 10.7. The maximum absolute atomic E-state index is 11.8. The van der Waals surface area contributed by atoms with Crippen molar-refractivity contribution in [3.8, 4) is 0 Å². The van der Waals surface area contributed by atoms with Crippen molar-refractivity contribution in [3.05, 3.63) is 16.1 Å². The molecule has 0 unspecified atom stereocenters. The second-order valence-corrected chi connectivity index (χ2v) is 4.95. The summed E-state index contributed by atoms with van der Waals surface area (Å²) >= 11 is 1.54. The Kier molecular flexibility index (Phi) is 6.15. The third-order valence-electron chi connectivity index (χ3n) is 2.47. The van der Waals surface area contributed by atoms with Gasteiger partial charge in [-0.3, -0.25) is 4.79 Å². The van der Waals surface area contributed by atoms with E-state index in [0.717, 1.165) is 30.1 Å². The first-order valence-electron chi connectivity index (χ1n) is 5.83. The second kappa shape index (κ2) is 7.40. The predicted octanol–water partition coefficient (Wildman–Crippen LogP) is 2.09. The van der Waals surface area contributed by atoms with Gasteiger partial charge in [0.1, 0.15) is 5.01 Å². The number of hydrogen-bond acceptors (Lipinski definition) is 4. The minimum absolute atomic E-state index is 0.132. The summed E-state index contributed by atoms with van der Waals surface area (Å²) in [7, 11) is 3.49. The molecule has 0 aliphatic carbocycles. The topological polar surface area (TPSA) is 42.4 Å². The van der Waals surface area contributed by atoms with Gasteiger partial charge in [0.05, 0.1) is 18.7 Å². The first kappa shape index (κ1) is 14.1. The van der Waals surface area contributed by atoms with Crippen molar-refractivity contribution in [2.75, 3.05) is 20.7 Å². The highest BCUT2D eigenvalue weighted by atomic mass is 32.1.